The molecule has 0 unspecified atom stereocenters. The van der Waals surface area contributed by atoms with Crippen molar-refractivity contribution < 1.29 is 14.3 Å². The van der Waals surface area contributed by atoms with E-state index in [1.54, 1.807) is 7.11 Å². The Hall–Kier alpha value is -3.65. The van der Waals surface area contributed by atoms with Crippen molar-refractivity contribution in [3.63, 3.8) is 0 Å². The molecular formula is C26H31N5O3. The molecule has 1 aliphatic heterocycles. The topological polar surface area (TPSA) is 81.5 Å². The summed E-state index contributed by atoms with van der Waals surface area (Å²) in [7, 11) is 1.69. The van der Waals surface area contributed by atoms with Gasteiger partial charge in [0.25, 0.3) is 5.91 Å². The average molecular weight is 462 g/mol. The van der Waals surface area contributed by atoms with Crippen molar-refractivity contribution >= 4 is 12.0 Å². The standard InChI is InChI=1S/C26H31N5O3/c1-33-23-12-6-5-8-21(23)9-7-16-30-17-14-25-29-28-24(31(25)19-18-30)13-15-27-26(32)20-34-22-10-3-2-4-11-22/h2-12H,13-20H2,1H3,(H,27,32). The van der Waals surface area contributed by atoms with Gasteiger partial charge in [-0.05, 0) is 18.2 Å². The lowest BCUT2D eigenvalue weighted by Gasteiger charge is -2.17. The van der Waals surface area contributed by atoms with Crippen LogP contribution in [0.4, 0.5) is 0 Å². The summed E-state index contributed by atoms with van der Waals surface area (Å²) in [5, 5.41) is 11.7. The second-order valence-electron chi connectivity index (χ2n) is 8.08. The molecule has 1 amide bonds. The van der Waals surface area contributed by atoms with Crippen LogP contribution in [0.2, 0.25) is 0 Å². The summed E-state index contributed by atoms with van der Waals surface area (Å²) in [4.78, 5) is 14.5. The highest BCUT2D eigenvalue weighted by Gasteiger charge is 2.18. The van der Waals surface area contributed by atoms with E-state index in [9.17, 15) is 4.79 Å². The third kappa shape index (κ3) is 6.45. The van der Waals surface area contributed by atoms with E-state index >= 15 is 0 Å². The Kier molecular flexibility index (Phi) is 8.29. The monoisotopic (exact) mass is 461 g/mol. The molecule has 2 aromatic carbocycles. The van der Waals surface area contributed by atoms with Crippen LogP contribution in [0.3, 0.4) is 0 Å². The Balaban J connectivity index is 1.22. The minimum Gasteiger partial charge on any atom is -0.496 e. The van der Waals surface area contributed by atoms with Crippen LogP contribution in [0.5, 0.6) is 11.5 Å². The molecule has 0 bridgehead atoms. The van der Waals surface area contributed by atoms with E-state index in [-0.39, 0.29) is 12.5 Å². The van der Waals surface area contributed by atoms with Crippen molar-refractivity contribution in [1.82, 2.24) is 25.0 Å². The zero-order chi connectivity index (χ0) is 23.6. The van der Waals surface area contributed by atoms with Gasteiger partial charge in [0, 0.05) is 51.1 Å². The smallest absolute Gasteiger partial charge is 0.257 e. The molecule has 4 rings (SSSR count). The predicted octanol–water partition coefficient (Wildman–Crippen LogP) is 2.60. The first-order valence-electron chi connectivity index (χ1n) is 11.6. The number of nitrogens with one attached hydrogen (secondary N) is 1. The molecular weight excluding hydrogens is 430 g/mol. The van der Waals surface area contributed by atoms with Gasteiger partial charge in [0.1, 0.15) is 23.1 Å². The van der Waals surface area contributed by atoms with Gasteiger partial charge in [-0.3, -0.25) is 9.69 Å². The van der Waals surface area contributed by atoms with Gasteiger partial charge >= 0.3 is 0 Å². The van der Waals surface area contributed by atoms with Gasteiger partial charge in [-0.25, -0.2) is 0 Å². The molecule has 0 atom stereocenters. The van der Waals surface area contributed by atoms with Crippen molar-refractivity contribution in [3.8, 4) is 11.5 Å². The Morgan fingerprint density at radius 3 is 2.74 bits per heavy atom. The Morgan fingerprint density at radius 2 is 1.88 bits per heavy atom. The van der Waals surface area contributed by atoms with Crippen LogP contribution in [0.15, 0.2) is 60.7 Å². The van der Waals surface area contributed by atoms with Crippen molar-refractivity contribution in [3.05, 3.63) is 77.9 Å². The first kappa shape index (κ1) is 23.5. The average Bonchev–Trinajstić information content (AvgIpc) is 3.14. The highest BCUT2D eigenvalue weighted by molar-refractivity contribution is 5.77. The van der Waals surface area contributed by atoms with Gasteiger partial charge in [0.2, 0.25) is 0 Å². The van der Waals surface area contributed by atoms with Crippen LogP contribution in [0.1, 0.15) is 17.2 Å². The molecule has 0 aliphatic carbocycles. The fourth-order valence-corrected chi connectivity index (χ4v) is 3.96. The lowest BCUT2D eigenvalue weighted by Crippen LogP contribution is -2.31. The minimum atomic E-state index is -0.146. The lowest BCUT2D eigenvalue weighted by molar-refractivity contribution is -0.123. The van der Waals surface area contributed by atoms with Gasteiger partial charge in [-0.2, -0.15) is 0 Å². The summed E-state index contributed by atoms with van der Waals surface area (Å²) in [5.41, 5.74) is 1.08. The second-order valence-corrected chi connectivity index (χ2v) is 8.08. The first-order valence-corrected chi connectivity index (χ1v) is 11.6. The molecule has 1 aromatic heterocycles. The van der Waals surface area contributed by atoms with Gasteiger partial charge in [0.15, 0.2) is 6.61 Å². The molecule has 178 valence electrons. The quantitative estimate of drug-likeness (QED) is 0.500. The van der Waals surface area contributed by atoms with E-state index in [2.05, 4.69) is 43.2 Å². The van der Waals surface area contributed by atoms with E-state index in [1.807, 2.05) is 48.5 Å². The molecule has 34 heavy (non-hydrogen) atoms. The van der Waals surface area contributed by atoms with E-state index in [4.69, 9.17) is 9.47 Å². The largest absolute Gasteiger partial charge is 0.496 e. The van der Waals surface area contributed by atoms with Crippen LogP contribution in [0.25, 0.3) is 6.08 Å². The molecule has 3 aromatic rings. The number of para-hydroxylation sites is 2. The van der Waals surface area contributed by atoms with Gasteiger partial charge in [-0.1, -0.05) is 48.6 Å². The predicted molar refractivity (Wildman–Crippen MR) is 131 cm³/mol. The van der Waals surface area contributed by atoms with Crippen LogP contribution in [-0.2, 0) is 24.2 Å². The zero-order valence-electron chi connectivity index (χ0n) is 19.5. The van der Waals surface area contributed by atoms with E-state index in [1.165, 1.54) is 0 Å². The number of aromatic nitrogens is 3. The van der Waals surface area contributed by atoms with Crippen molar-refractivity contribution in [1.29, 1.82) is 0 Å². The van der Waals surface area contributed by atoms with Crippen LogP contribution in [-0.4, -0.2) is 65.5 Å². The number of rotatable bonds is 10. The Morgan fingerprint density at radius 1 is 1.06 bits per heavy atom. The van der Waals surface area contributed by atoms with Gasteiger partial charge in [-0.15, -0.1) is 10.2 Å². The SMILES string of the molecule is COc1ccccc1C=CCN1CCc2nnc(CCNC(=O)COc3ccccc3)n2CC1. The minimum absolute atomic E-state index is 0.000707. The number of carbonyl (C=O) groups is 1. The normalized spacial score (nSPS) is 13.9. The van der Waals surface area contributed by atoms with E-state index < -0.39 is 0 Å². The summed E-state index contributed by atoms with van der Waals surface area (Å²) in [6.07, 6.45) is 5.78. The second kappa shape index (κ2) is 12.0. The lowest BCUT2D eigenvalue weighted by atomic mass is 10.2. The Labute approximate surface area is 200 Å². The number of carbonyl (C=O) groups excluding carboxylic acids is 1. The summed E-state index contributed by atoms with van der Waals surface area (Å²) in [6.45, 7) is 4.06. The molecule has 1 aliphatic rings. The van der Waals surface area contributed by atoms with Crippen molar-refractivity contribution in [2.45, 2.75) is 19.4 Å². The number of hydrogen-bond donors (Lipinski definition) is 1. The fourth-order valence-electron chi connectivity index (χ4n) is 3.96. The number of amides is 1. The number of methoxy groups -OCH3 is 1. The van der Waals surface area contributed by atoms with Crippen LogP contribution >= 0.6 is 0 Å². The third-order valence-electron chi connectivity index (χ3n) is 5.78. The molecule has 8 nitrogen and oxygen atoms in total. The maximum absolute atomic E-state index is 12.1. The summed E-state index contributed by atoms with van der Waals surface area (Å²) in [6, 6.07) is 17.3. The number of fused-ring (bicyclic) bond motifs is 1. The van der Waals surface area contributed by atoms with Crippen molar-refractivity contribution in [2.75, 3.05) is 39.9 Å². The number of ether oxygens (including phenoxy) is 2. The number of nitrogens with zero attached hydrogens (tertiary/aromatic N) is 4. The summed E-state index contributed by atoms with van der Waals surface area (Å²) < 4.78 is 13.1. The highest BCUT2D eigenvalue weighted by atomic mass is 16.5. The molecule has 0 spiro atoms. The summed E-state index contributed by atoms with van der Waals surface area (Å²) in [5.74, 6) is 3.33. The van der Waals surface area contributed by atoms with Gasteiger partial charge < -0.3 is 19.4 Å². The molecule has 0 saturated heterocycles. The summed E-state index contributed by atoms with van der Waals surface area (Å²) >= 11 is 0. The van der Waals surface area contributed by atoms with Crippen LogP contribution < -0.4 is 14.8 Å². The van der Waals surface area contributed by atoms with E-state index in [0.717, 1.165) is 55.6 Å². The molecule has 8 heteroatoms. The molecule has 0 fully saturated rings. The number of hydrogen-bond acceptors (Lipinski definition) is 6. The zero-order valence-corrected chi connectivity index (χ0v) is 19.5. The van der Waals surface area contributed by atoms with E-state index in [0.29, 0.717) is 18.7 Å². The Bertz CT molecular complexity index is 1100. The maximum atomic E-state index is 12.1. The molecule has 0 radical (unpaired) electrons. The number of benzene rings is 2. The third-order valence-corrected chi connectivity index (χ3v) is 5.78. The first-order chi connectivity index (χ1) is 16.7. The highest BCUT2D eigenvalue weighted by Crippen LogP contribution is 2.19. The fraction of sp³-hybridized carbons (Fsp3) is 0.346. The van der Waals surface area contributed by atoms with Crippen molar-refractivity contribution in [2.24, 2.45) is 0 Å². The molecule has 1 N–H and O–H groups in total. The van der Waals surface area contributed by atoms with Gasteiger partial charge in [0.05, 0.1) is 7.11 Å². The molecule has 2 heterocycles. The maximum Gasteiger partial charge on any atom is 0.257 e. The van der Waals surface area contributed by atoms with Crippen LogP contribution in [0, 0.1) is 0 Å². The molecule has 0 saturated carbocycles.